The van der Waals surface area contributed by atoms with Gasteiger partial charge in [0.05, 0.1) is 0 Å². The minimum Gasteiger partial charge on any atom is -0.176 e. The Morgan fingerprint density at radius 2 is 2.33 bits per heavy atom. The molecule has 0 aliphatic heterocycles. The van der Waals surface area contributed by atoms with Gasteiger partial charge in [0.25, 0.3) is 0 Å². The maximum atomic E-state index is 5.58. The van der Waals surface area contributed by atoms with Gasteiger partial charge in [0.1, 0.15) is 8.83 Å². The molecule has 0 atom stereocenters. The van der Waals surface area contributed by atoms with Crippen LogP contribution in [0, 0.1) is 0 Å². The number of hydrogen-bond acceptors (Lipinski definition) is 0. The van der Waals surface area contributed by atoms with Crippen LogP contribution in [0.3, 0.4) is 0 Å². The summed E-state index contributed by atoms with van der Waals surface area (Å²) in [6, 6.07) is 1.11. The molecule has 0 saturated carbocycles. The Balaban J connectivity index is 3.14. The summed E-state index contributed by atoms with van der Waals surface area (Å²) >= 11 is 5.58. The second kappa shape index (κ2) is 6.11. The van der Waals surface area contributed by atoms with Crippen molar-refractivity contribution in [3.8, 4) is 0 Å². The molecule has 0 heterocycles. The lowest BCUT2D eigenvalue weighted by Crippen LogP contribution is -1.71. The average Bonchev–Trinajstić information content (AvgIpc) is 1.80. The van der Waals surface area contributed by atoms with E-state index in [1.54, 1.807) is 0 Å². The number of rotatable bonds is 4. The molecule has 0 radical (unpaired) electrons. The molecule has 0 nitrogen and oxygen atoms in total. The molecule has 0 rings (SSSR count). The monoisotopic (exact) mass is 160 g/mol. The Morgan fingerprint density at radius 1 is 1.67 bits per heavy atom. The van der Waals surface area contributed by atoms with Gasteiger partial charge in [-0.3, -0.25) is 0 Å². The van der Waals surface area contributed by atoms with Gasteiger partial charge in [-0.2, -0.15) is 11.1 Å². The summed E-state index contributed by atoms with van der Waals surface area (Å²) < 4.78 is 0. The third kappa shape index (κ3) is 7.99. The normalized spacial score (nSPS) is 11.8. The van der Waals surface area contributed by atoms with Crippen LogP contribution in [0.5, 0.6) is 0 Å². The van der Waals surface area contributed by atoms with Crippen molar-refractivity contribution in [3.05, 3.63) is 24.3 Å². The molecule has 0 spiro atoms. The Morgan fingerprint density at radius 3 is 2.78 bits per heavy atom. The molecule has 0 aromatic rings. The topological polar surface area (TPSA) is 0 Å². The van der Waals surface area contributed by atoms with E-state index >= 15 is 0 Å². The highest BCUT2D eigenvalue weighted by atomic mass is 35.6. The van der Waals surface area contributed by atoms with Crippen molar-refractivity contribution in [2.45, 2.75) is 19.4 Å². The third-order valence-electron chi connectivity index (χ3n) is 0.909. The van der Waals surface area contributed by atoms with Crippen LogP contribution in [0.1, 0.15) is 13.3 Å². The van der Waals surface area contributed by atoms with Crippen LogP contribution in [-0.2, 0) is 0 Å². The van der Waals surface area contributed by atoms with E-state index in [0.29, 0.717) is 0 Å². The standard InChI is InChI=1S/C7H13ClSi/c1-7(2)5-3-4-6-9-8/h3-4H,1,5-6,9H2,2H3. The Labute approximate surface area is 64.1 Å². The first-order chi connectivity index (χ1) is 4.27. The van der Waals surface area contributed by atoms with Gasteiger partial charge in [0.2, 0.25) is 0 Å². The third-order valence-corrected chi connectivity index (χ3v) is 2.11. The first-order valence-electron chi connectivity index (χ1n) is 3.12. The Kier molecular flexibility index (Phi) is 6.10. The van der Waals surface area contributed by atoms with E-state index in [1.807, 2.05) is 6.92 Å². The first-order valence-corrected chi connectivity index (χ1v) is 6.26. The highest BCUT2D eigenvalue weighted by Gasteiger charge is 1.78. The van der Waals surface area contributed by atoms with E-state index in [-0.39, 0.29) is 8.83 Å². The fourth-order valence-electron chi connectivity index (χ4n) is 0.465. The van der Waals surface area contributed by atoms with Crippen LogP contribution in [0.2, 0.25) is 6.04 Å². The van der Waals surface area contributed by atoms with E-state index in [9.17, 15) is 0 Å². The Bertz CT molecular complexity index is 107. The molecule has 0 fully saturated rings. The minimum absolute atomic E-state index is 0.275. The van der Waals surface area contributed by atoms with Crippen molar-refractivity contribution in [2.24, 2.45) is 0 Å². The van der Waals surface area contributed by atoms with Crippen molar-refractivity contribution in [3.63, 3.8) is 0 Å². The summed E-state index contributed by atoms with van der Waals surface area (Å²) in [6.45, 7) is 5.81. The minimum atomic E-state index is -0.275. The number of allylic oxidation sites excluding steroid dienone is 3. The molecule has 0 unspecified atom stereocenters. The molecule has 0 aliphatic carbocycles. The molecule has 0 bridgehead atoms. The van der Waals surface area contributed by atoms with Crippen LogP contribution in [0.25, 0.3) is 0 Å². The van der Waals surface area contributed by atoms with Crippen molar-refractivity contribution in [2.75, 3.05) is 0 Å². The zero-order valence-electron chi connectivity index (χ0n) is 5.86. The molecule has 2 heteroatoms. The van der Waals surface area contributed by atoms with Gasteiger partial charge in [-0.1, -0.05) is 24.3 Å². The molecular weight excluding hydrogens is 148 g/mol. The summed E-state index contributed by atoms with van der Waals surface area (Å²) in [7, 11) is -0.275. The van der Waals surface area contributed by atoms with Gasteiger partial charge >= 0.3 is 0 Å². The average molecular weight is 161 g/mol. The Hall–Kier alpha value is -0.0131. The van der Waals surface area contributed by atoms with E-state index in [1.165, 1.54) is 5.57 Å². The van der Waals surface area contributed by atoms with Crippen LogP contribution >= 0.6 is 11.1 Å². The molecule has 0 saturated heterocycles. The SMILES string of the molecule is C=C(C)CC=CC[SiH2]Cl. The lowest BCUT2D eigenvalue weighted by atomic mass is 10.2. The molecule has 0 aromatic carbocycles. The molecule has 0 aromatic heterocycles. The summed E-state index contributed by atoms with van der Waals surface area (Å²) in [4.78, 5) is 0. The van der Waals surface area contributed by atoms with Crippen molar-refractivity contribution in [1.29, 1.82) is 0 Å². The van der Waals surface area contributed by atoms with Gasteiger partial charge in [-0.05, 0) is 19.4 Å². The fraction of sp³-hybridized carbons (Fsp3) is 0.429. The molecular formula is C7H13ClSi. The molecule has 0 N–H and O–H groups in total. The van der Waals surface area contributed by atoms with E-state index in [0.717, 1.165) is 12.5 Å². The molecule has 52 valence electrons. The van der Waals surface area contributed by atoms with E-state index in [2.05, 4.69) is 18.7 Å². The first kappa shape index (κ1) is 8.99. The zero-order valence-corrected chi connectivity index (χ0v) is 8.03. The number of halogens is 1. The highest BCUT2D eigenvalue weighted by Crippen LogP contribution is 1.97. The fourth-order valence-corrected chi connectivity index (χ4v) is 1.21. The van der Waals surface area contributed by atoms with Crippen molar-refractivity contribution >= 4 is 19.9 Å². The van der Waals surface area contributed by atoms with Gasteiger partial charge in [0.15, 0.2) is 0 Å². The van der Waals surface area contributed by atoms with Crippen LogP contribution in [0.15, 0.2) is 24.3 Å². The van der Waals surface area contributed by atoms with Gasteiger partial charge in [-0.25, -0.2) is 0 Å². The summed E-state index contributed by atoms with van der Waals surface area (Å²) in [5, 5.41) is 0. The van der Waals surface area contributed by atoms with Crippen molar-refractivity contribution in [1.82, 2.24) is 0 Å². The number of hydrogen-bond donors (Lipinski definition) is 0. The largest absolute Gasteiger partial charge is 0.176 e. The van der Waals surface area contributed by atoms with Gasteiger partial charge in [-0.15, -0.1) is 0 Å². The lowest BCUT2D eigenvalue weighted by molar-refractivity contribution is 1.22. The summed E-state index contributed by atoms with van der Waals surface area (Å²) in [6.07, 6.45) is 5.29. The maximum absolute atomic E-state index is 5.58. The van der Waals surface area contributed by atoms with E-state index < -0.39 is 0 Å². The highest BCUT2D eigenvalue weighted by molar-refractivity contribution is 6.93. The second-order valence-electron chi connectivity index (χ2n) is 2.11. The van der Waals surface area contributed by atoms with Gasteiger partial charge < -0.3 is 0 Å². The lowest BCUT2D eigenvalue weighted by Gasteiger charge is -1.87. The summed E-state index contributed by atoms with van der Waals surface area (Å²) in [5.41, 5.74) is 1.21. The van der Waals surface area contributed by atoms with Gasteiger partial charge in [0, 0.05) is 0 Å². The van der Waals surface area contributed by atoms with Crippen molar-refractivity contribution < 1.29 is 0 Å². The molecule has 0 amide bonds. The predicted molar refractivity (Wildman–Crippen MR) is 47.8 cm³/mol. The van der Waals surface area contributed by atoms with Crippen LogP contribution in [0.4, 0.5) is 0 Å². The quantitative estimate of drug-likeness (QED) is 0.336. The predicted octanol–water partition coefficient (Wildman–Crippen LogP) is 2.25. The van der Waals surface area contributed by atoms with Crippen LogP contribution < -0.4 is 0 Å². The summed E-state index contributed by atoms with van der Waals surface area (Å²) in [5.74, 6) is 0. The molecule has 9 heavy (non-hydrogen) atoms. The maximum Gasteiger partial charge on any atom is 0.129 e. The zero-order chi connectivity index (χ0) is 7.11. The molecule has 0 aliphatic rings. The van der Waals surface area contributed by atoms with E-state index in [4.69, 9.17) is 11.1 Å². The smallest absolute Gasteiger partial charge is 0.129 e. The second-order valence-corrected chi connectivity index (χ2v) is 4.20. The van der Waals surface area contributed by atoms with Crippen LogP contribution in [-0.4, -0.2) is 8.83 Å².